The summed E-state index contributed by atoms with van der Waals surface area (Å²) in [5.74, 6) is -0.153. The molecule has 0 radical (unpaired) electrons. The van der Waals surface area contributed by atoms with Gasteiger partial charge >= 0.3 is 0 Å². The third-order valence-electron chi connectivity index (χ3n) is 10.6. The van der Waals surface area contributed by atoms with Gasteiger partial charge in [0.2, 0.25) is 5.88 Å². The topological polar surface area (TPSA) is 109 Å². The number of amides is 1. The maximum atomic E-state index is 14.5. The van der Waals surface area contributed by atoms with Crippen LogP contribution in [0.4, 0.5) is 4.39 Å². The third kappa shape index (κ3) is 9.96. The number of ketones is 1. The van der Waals surface area contributed by atoms with Gasteiger partial charge in [-0.05, 0) is 92.8 Å². The number of halogens is 1. The summed E-state index contributed by atoms with van der Waals surface area (Å²) >= 11 is 1.39. The molecule has 54 heavy (non-hydrogen) atoms. The summed E-state index contributed by atoms with van der Waals surface area (Å²) in [6.45, 7) is 13.3. The van der Waals surface area contributed by atoms with E-state index in [0.29, 0.717) is 29.3 Å². The number of carbonyl (C=O) groups is 2. The summed E-state index contributed by atoms with van der Waals surface area (Å²) < 4.78 is 26.4. The molecule has 4 aromatic rings. The number of rotatable bonds is 12. The molecule has 12 heteroatoms. The lowest BCUT2D eigenvalue weighted by molar-refractivity contribution is 0.0342. The number of benzene rings is 2. The van der Waals surface area contributed by atoms with E-state index in [1.165, 1.54) is 28.5 Å². The molecule has 2 atom stereocenters. The lowest BCUT2D eigenvalue weighted by Gasteiger charge is -2.36. The van der Waals surface area contributed by atoms with Crippen molar-refractivity contribution in [1.82, 2.24) is 30.4 Å². The van der Waals surface area contributed by atoms with Crippen molar-refractivity contribution in [2.45, 2.75) is 84.1 Å². The van der Waals surface area contributed by atoms with Crippen LogP contribution in [0.1, 0.15) is 82.9 Å². The molecular formula is C42H51FN6O4S. The molecule has 0 spiro atoms. The molecule has 1 saturated carbocycles. The summed E-state index contributed by atoms with van der Waals surface area (Å²) in [6.07, 6.45) is 4.65. The molecular weight excluding hydrogens is 704 g/mol. The smallest absolute Gasteiger partial charge is 0.257 e. The first kappa shape index (κ1) is 38.2. The zero-order valence-electron chi connectivity index (χ0n) is 31.5. The molecule has 2 aromatic carbocycles. The molecule has 2 saturated heterocycles. The minimum Gasteiger partial charge on any atom is -0.438 e. The lowest BCUT2D eigenvalue weighted by atomic mass is 9.83. The highest BCUT2D eigenvalue weighted by molar-refractivity contribution is 7.11. The quantitative estimate of drug-likeness (QED) is 0.148. The first-order valence-corrected chi connectivity index (χ1v) is 20.1. The van der Waals surface area contributed by atoms with Gasteiger partial charge in [0.1, 0.15) is 17.1 Å². The average molecular weight is 755 g/mol. The number of hydrogen-bond donors (Lipinski definition) is 2. The van der Waals surface area contributed by atoms with Crippen LogP contribution in [-0.2, 0) is 17.8 Å². The minimum atomic E-state index is -0.613. The number of carbonyl (C=O) groups excluding carboxylic acids is 2. The Morgan fingerprint density at radius 1 is 1.00 bits per heavy atom. The SMILES string of the molecule is Cc1csc(C(=O)CC2CCC(NC(=O)c3cc(F)cnc3Oc3cccc(-c4ccc(CN5C[C@@H](C)N[C@@H](C)C5)cc4CN4CCOCC4)c3)CC2)n1. The van der Waals surface area contributed by atoms with Gasteiger partial charge in [0.25, 0.3) is 5.91 Å². The van der Waals surface area contributed by atoms with Crippen molar-refractivity contribution in [3.8, 4) is 22.8 Å². The van der Waals surface area contributed by atoms with E-state index in [1.54, 1.807) is 0 Å². The number of nitrogens with one attached hydrogen (secondary N) is 2. The van der Waals surface area contributed by atoms with Crippen molar-refractivity contribution in [3.05, 3.63) is 93.3 Å². The first-order chi connectivity index (χ1) is 26.1. The van der Waals surface area contributed by atoms with Crippen LogP contribution in [0.2, 0.25) is 0 Å². The Bertz CT molecular complexity index is 1910. The zero-order chi connectivity index (χ0) is 37.6. The number of thiazole rings is 1. The minimum absolute atomic E-state index is 0.0470. The highest BCUT2D eigenvalue weighted by Gasteiger charge is 2.27. The number of ether oxygens (including phenoxy) is 2. The van der Waals surface area contributed by atoms with Crippen molar-refractivity contribution in [1.29, 1.82) is 0 Å². The number of piperazine rings is 1. The fourth-order valence-corrected chi connectivity index (χ4v) is 8.85. The molecule has 3 fully saturated rings. The molecule has 3 aliphatic rings. The largest absolute Gasteiger partial charge is 0.438 e. The van der Waals surface area contributed by atoms with Crippen molar-refractivity contribution < 1.29 is 23.5 Å². The highest BCUT2D eigenvalue weighted by Crippen LogP contribution is 2.33. The molecule has 286 valence electrons. The van der Waals surface area contributed by atoms with Gasteiger partial charge in [-0.2, -0.15) is 0 Å². The van der Waals surface area contributed by atoms with Crippen molar-refractivity contribution in [3.63, 3.8) is 0 Å². The number of pyridine rings is 1. The fraction of sp³-hybridized carbons (Fsp3) is 0.476. The van der Waals surface area contributed by atoms with E-state index in [9.17, 15) is 14.0 Å². The van der Waals surface area contributed by atoms with Crippen molar-refractivity contribution >= 4 is 23.0 Å². The van der Waals surface area contributed by atoms with Crippen LogP contribution in [-0.4, -0.2) is 89.0 Å². The van der Waals surface area contributed by atoms with Gasteiger partial charge in [0.15, 0.2) is 10.8 Å². The van der Waals surface area contributed by atoms with Crippen molar-refractivity contribution in [2.24, 2.45) is 5.92 Å². The zero-order valence-corrected chi connectivity index (χ0v) is 32.3. The van der Waals surface area contributed by atoms with Gasteiger partial charge in [-0.1, -0.05) is 30.3 Å². The van der Waals surface area contributed by atoms with E-state index in [-0.39, 0.29) is 29.2 Å². The van der Waals surface area contributed by atoms with Crippen LogP contribution in [0.25, 0.3) is 11.1 Å². The molecule has 10 nitrogen and oxygen atoms in total. The second-order valence-electron chi connectivity index (χ2n) is 15.3. The first-order valence-electron chi connectivity index (χ1n) is 19.3. The van der Waals surface area contributed by atoms with E-state index in [1.807, 2.05) is 30.5 Å². The second-order valence-corrected chi connectivity index (χ2v) is 16.1. The summed E-state index contributed by atoms with van der Waals surface area (Å²) in [5.41, 5.74) is 5.53. The van der Waals surface area contributed by atoms with Crippen LogP contribution in [0, 0.1) is 18.7 Å². The number of aryl methyl sites for hydroxylation is 1. The summed E-state index contributed by atoms with van der Waals surface area (Å²) in [7, 11) is 0. The Morgan fingerprint density at radius 3 is 2.52 bits per heavy atom. The number of morpholine rings is 1. The maximum Gasteiger partial charge on any atom is 0.257 e. The Hall–Kier alpha value is -4.07. The van der Waals surface area contributed by atoms with Gasteiger partial charge in [-0.3, -0.25) is 19.4 Å². The van der Waals surface area contributed by atoms with E-state index in [2.05, 4.69) is 68.5 Å². The molecule has 2 aliphatic heterocycles. The molecule has 7 rings (SSSR count). The van der Waals surface area contributed by atoms with Crippen LogP contribution in [0.3, 0.4) is 0 Å². The average Bonchev–Trinajstić information content (AvgIpc) is 3.60. The van der Waals surface area contributed by atoms with Crippen LogP contribution in [0.5, 0.6) is 11.6 Å². The van der Waals surface area contributed by atoms with Gasteiger partial charge < -0.3 is 20.1 Å². The Kier molecular flexibility index (Phi) is 12.5. The molecule has 4 heterocycles. The van der Waals surface area contributed by atoms with E-state index in [0.717, 1.165) is 101 Å². The van der Waals surface area contributed by atoms with Gasteiger partial charge in [-0.15, -0.1) is 11.3 Å². The Morgan fingerprint density at radius 2 is 1.78 bits per heavy atom. The van der Waals surface area contributed by atoms with E-state index < -0.39 is 11.7 Å². The molecule has 1 aliphatic carbocycles. The summed E-state index contributed by atoms with van der Waals surface area (Å²) in [6, 6.07) is 16.6. The third-order valence-corrected chi connectivity index (χ3v) is 11.6. The number of hydrogen-bond acceptors (Lipinski definition) is 10. The second kappa shape index (κ2) is 17.6. The maximum absolute atomic E-state index is 14.5. The lowest BCUT2D eigenvalue weighted by Crippen LogP contribution is -2.53. The Balaban J connectivity index is 1.04. The fourth-order valence-electron chi connectivity index (χ4n) is 8.10. The van der Waals surface area contributed by atoms with Crippen LogP contribution in [0.15, 0.2) is 60.1 Å². The van der Waals surface area contributed by atoms with Crippen LogP contribution >= 0.6 is 11.3 Å². The normalized spacial score (nSPS) is 22.5. The van der Waals surface area contributed by atoms with Gasteiger partial charge in [0, 0.05) is 74.9 Å². The highest BCUT2D eigenvalue weighted by atomic mass is 32.1. The molecule has 2 aromatic heterocycles. The summed E-state index contributed by atoms with van der Waals surface area (Å²) in [5, 5.41) is 9.17. The molecule has 1 amide bonds. The molecule has 0 unspecified atom stereocenters. The predicted octanol–water partition coefficient (Wildman–Crippen LogP) is 7.02. The van der Waals surface area contributed by atoms with E-state index >= 15 is 0 Å². The van der Waals surface area contributed by atoms with Gasteiger partial charge in [-0.25, -0.2) is 14.4 Å². The standard InChI is InChI=1S/C42H51FN6O4S/c1-27-22-49(23-28(2)45-27)24-31-9-12-37(33(17-31)25-48-13-15-52-16-14-48)32-5-4-6-36(19-32)53-41-38(20-34(43)21-44-41)40(51)47-35-10-7-30(8-11-35)18-39(50)42-46-29(3)26-54-42/h4-6,9,12,17,19-21,26-28,30,35,45H,7-8,10-11,13-16,18,22-25H2,1-3H3,(H,47,51)/t27-,28+,30?,35?. The monoisotopic (exact) mass is 754 g/mol. The summed E-state index contributed by atoms with van der Waals surface area (Å²) in [4.78, 5) is 39.8. The Labute approximate surface area is 321 Å². The molecule has 2 N–H and O–H groups in total. The predicted molar refractivity (Wildman–Crippen MR) is 209 cm³/mol. The number of nitrogens with zero attached hydrogens (tertiary/aromatic N) is 4. The number of Topliss-reactive ketones (excluding diaryl/α,β-unsaturated/α-hetero) is 1. The van der Waals surface area contributed by atoms with E-state index in [4.69, 9.17) is 9.47 Å². The van der Waals surface area contributed by atoms with Crippen molar-refractivity contribution in [2.75, 3.05) is 39.4 Å². The van der Waals surface area contributed by atoms with Crippen LogP contribution < -0.4 is 15.4 Å². The number of aromatic nitrogens is 2. The molecule has 0 bridgehead atoms. The van der Waals surface area contributed by atoms with Gasteiger partial charge in [0.05, 0.1) is 19.4 Å².